The molecule has 29 heavy (non-hydrogen) atoms. The van der Waals surface area contributed by atoms with Crippen molar-refractivity contribution in [2.75, 3.05) is 29.7 Å². The summed E-state index contributed by atoms with van der Waals surface area (Å²) < 4.78 is 1.77. The highest BCUT2D eigenvalue weighted by Gasteiger charge is 2.09. The standard InChI is InChI=1S/C19H19I2N7O/c1-28(2)19-25-17(22-10-12-6-4-3-5-7-12)24-18(26-19)27-23-11-13-8-14(20)9-15(21)16(13)29/h3-9,11,29H,10H2,1-2H3,(H2,22,24,25,26,27). The summed E-state index contributed by atoms with van der Waals surface area (Å²) in [4.78, 5) is 14.9. The number of aromatic hydroxyl groups is 1. The number of hydrazone groups is 1. The van der Waals surface area contributed by atoms with Crippen molar-refractivity contribution < 1.29 is 5.11 Å². The second kappa shape index (κ2) is 10.0. The Kier molecular flexibility index (Phi) is 7.41. The predicted octanol–water partition coefficient (Wildman–Crippen LogP) is 3.91. The molecule has 0 aliphatic heterocycles. The normalized spacial score (nSPS) is 10.9. The lowest BCUT2D eigenvalue weighted by Crippen LogP contribution is -2.16. The smallest absolute Gasteiger partial charge is 0.250 e. The van der Waals surface area contributed by atoms with Gasteiger partial charge in [-0.1, -0.05) is 30.3 Å². The van der Waals surface area contributed by atoms with E-state index in [4.69, 9.17) is 0 Å². The molecular weight excluding hydrogens is 596 g/mol. The minimum Gasteiger partial charge on any atom is -0.506 e. The molecule has 10 heteroatoms. The van der Waals surface area contributed by atoms with E-state index in [1.54, 1.807) is 4.90 Å². The van der Waals surface area contributed by atoms with Gasteiger partial charge in [-0.15, -0.1) is 0 Å². The molecule has 3 N–H and O–H groups in total. The number of nitrogens with one attached hydrogen (secondary N) is 2. The van der Waals surface area contributed by atoms with Crippen LogP contribution in [-0.2, 0) is 6.54 Å². The van der Waals surface area contributed by atoms with Crippen molar-refractivity contribution >= 4 is 69.2 Å². The molecule has 0 spiro atoms. The van der Waals surface area contributed by atoms with E-state index in [1.807, 2.05) is 56.6 Å². The van der Waals surface area contributed by atoms with E-state index < -0.39 is 0 Å². The fourth-order valence-electron chi connectivity index (χ4n) is 2.31. The second-order valence-electron chi connectivity index (χ2n) is 6.21. The van der Waals surface area contributed by atoms with Crippen molar-refractivity contribution in [3.05, 3.63) is 60.7 Å². The summed E-state index contributed by atoms with van der Waals surface area (Å²) in [7, 11) is 3.71. The molecule has 8 nitrogen and oxygen atoms in total. The first-order valence-electron chi connectivity index (χ1n) is 8.60. The third-order valence-electron chi connectivity index (χ3n) is 3.74. The molecule has 0 amide bonds. The molecule has 3 rings (SSSR count). The van der Waals surface area contributed by atoms with Gasteiger partial charge in [0.1, 0.15) is 5.75 Å². The average molecular weight is 615 g/mol. The fraction of sp³-hybridized carbons (Fsp3) is 0.158. The van der Waals surface area contributed by atoms with Crippen LogP contribution in [0.25, 0.3) is 0 Å². The number of anilines is 3. The van der Waals surface area contributed by atoms with Gasteiger partial charge in [-0.05, 0) is 62.9 Å². The molecule has 3 aromatic rings. The molecule has 1 aromatic heterocycles. The van der Waals surface area contributed by atoms with Gasteiger partial charge in [0.05, 0.1) is 9.78 Å². The molecule has 1 heterocycles. The number of hydrogen-bond acceptors (Lipinski definition) is 8. The number of aromatic nitrogens is 3. The van der Waals surface area contributed by atoms with E-state index in [-0.39, 0.29) is 5.75 Å². The van der Waals surface area contributed by atoms with Crippen molar-refractivity contribution in [3.8, 4) is 5.75 Å². The molecule has 0 unspecified atom stereocenters. The minimum absolute atomic E-state index is 0.186. The molecule has 0 atom stereocenters. The maximum atomic E-state index is 10.2. The number of nitrogens with zero attached hydrogens (tertiary/aromatic N) is 5. The van der Waals surface area contributed by atoms with Crippen molar-refractivity contribution in [1.29, 1.82) is 0 Å². The first kappa shape index (κ1) is 21.5. The van der Waals surface area contributed by atoms with Gasteiger partial charge in [-0.3, -0.25) is 0 Å². The summed E-state index contributed by atoms with van der Waals surface area (Å²) in [6, 6.07) is 13.7. The SMILES string of the molecule is CN(C)c1nc(NCc2ccccc2)nc(NN=Cc2cc(I)cc(I)c2O)n1. The van der Waals surface area contributed by atoms with E-state index in [9.17, 15) is 5.11 Å². The summed E-state index contributed by atoms with van der Waals surface area (Å²) in [5, 5.41) is 17.6. The summed E-state index contributed by atoms with van der Waals surface area (Å²) in [6.45, 7) is 0.592. The molecule has 0 saturated carbocycles. The van der Waals surface area contributed by atoms with Crippen LogP contribution in [0.4, 0.5) is 17.8 Å². The number of phenols is 1. The molecule has 2 aromatic carbocycles. The lowest BCUT2D eigenvalue weighted by Gasteiger charge is -2.13. The van der Waals surface area contributed by atoms with Crippen LogP contribution in [0.1, 0.15) is 11.1 Å². The van der Waals surface area contributed by atoms with E-state index >= 15 is 0 Å². The Morgan fingerprint density at radius 3 is 2.52 bits per heavy atom. The van der Waals surface area contributed by atoms with Gasteiger partial charge in [0, 0.05) is 29.8 Å². The zero-order chi connectivity index (χ0) is 20.8. The van der Waals surface area contributed by atoms with Crippen molar-refractivity contribution in [2.45, 2.75) is 6.54 Å². The summed E-state index contributed by atoms with van der Waals surface area (Å²) in [5.41, 5.74) is 4.55. The highest BCUT2D eigenvalue weighted by Crippen LogP contribution is 2.25. The Morgan fingerprint density at radius 1 is 1.07 bits per heavy atom. The van der Waals surface area contributed by atoms with E-state index in [0.717, 1.165) is 12.7 Å². The molecule has 150 valence electrons. The van der Waals surface area contributed by atoms with Crippen molar-refractivity contribution in [3.63, 3.8) is 0 Å². The topological polar surface area (TPSA) is 98.6 Å². The van der Waals surface area contributed by atoms with E-state index in [0.29, 0.717) is 30.0 Å². The second-order valence-corrected chi connectivity index (χ2v) is 8.62. The van der Waals surface area contributed by atoms with E-state index in [1.165, 1.54) is 6.21 Å². The maximum Gasteiger partial charge on any atom is 0.250 e. The van der Waals surface area contributed by atoms with Gasteiger partial charge >= 0.3 is 0 Å². The molecular formula is C19H19I2N7O. The lowest BCUT2D eigenvalue weighted by molar-refractivity contribution is 0.470. The van der Waals surface area contributed by atoms with Gasteiger partial charge in [0.2, 0.25) is 17.8 Å². The number of rotatable bonds is 7. The van der Waals surface area contributed by atoms with Crippen molar-refractivity contribution in [2.24, 2.45) is 5.10 Å². The predicted molar refractivity (Wildman–Crippen MR) is 133 cm³/mol. The number of hydrogen-bond donors (Lipinski definition) is 3. The lowest BCUT2D eigenvalue weighted by atomic mass is 10.2. The van der Waals surface area contributed by atoms with Gasteiger partial charge in [0.15, 0.2) is 0 Å². The quantitative estimate of drug-likeness (QED) is 0.211. The Morgan fingerprint density at radius 2 is 1.79 bits per heavy atom. The first-order valence-corrected chi connectivity index (χ1v) is 10.8. The van der Waals surface area contributed by atoms with Gasteiger partial charge in [-0.2, -0.15) is 20.1 Å². The summed E-state index contributed by atoms with van der Waals surface area (Å²) >= 11 is 4.28. The average Bonchev–Trinajstić information content (AvgIpc) is 2.70. The first-order chi connectivity index (χ1) is 13.9. The highest BCUT2D eigenvalue weighted by molar-refractivity contribution is 14.1. The largest absolute Gasteiger partial charge is 0.506 e. The van der Waals surface area contributed by atoms with Crippen molar-refractivity contribution in [1.82, 2.24) is 15.0 Å². The van der Waals surface area contributed by atoms with Crippen LogP contribution in [-0.4, -0.2) is 40.4 Å². The minimum atomic E-state index is 0.186. The van der Waals surface area contributed by atoms with Crippen LogP contribution >= 0.6 is 45.2 Å². The van der Waals surface area contributed by atoms with Crippen LogP contribution in [0, 0.1) is 7.14 Å². The number of halogens is 2. The Labute approximate surface area is 196 Å². The van der Waals surface area contributed by atoms with Crippen LogP contribution < -0.4 is 15.6 Å². The monoisotopic (exact) mass is 615 g/mol. The van der Waals surface area contributed by atoms with Gasteiger partial charge < -0.3 is 15.3 Å². The Bertz CT molecular complexity index is 1010. The summed E-state index contributed by atoms with van der Waals surface area (Å²) in [6.07, 6.45) is 1.54. The highest BCUT2D eigenvalue weighted by atomic mass is 127. The van der Waals surface area contributed by atoms with Gasteiger partial charge in [-0.25, -0.2) is 5.43 Å². The van der Waals surface area contributed by atoms with Gasteiger partial charge in [0.25, 0.3) is 0 Å². The molecule has 0 bridgehead atoms. The fourth-order valence-corrected chi connectivity index (χ4v) is 4.20. The third kappa shape index (κ3) is 6.13. The number of phenolic OH excluding ortho intramolecular Hbond substituents is 1. The van der Waals surface area contributed by atoms with Crippen LogP contribution in [0.15, 0.2) is 47.6 Å². The maximum absolute atomic E-state index is 10.2. The Balaban J connectivity index is 1.77. The van der Waals surface area contributed by atoms with Crippen LogP contribution in [0.2, 0.25) is 0 Å². The molecule has 0 aliphatic carbocycles. The molecule has 0 aliphatic rings. The zero-order valence-electron chi connectivity index (χ0n) is 15.8. The van der Waals surface area contributed by atoms with Crippen LogP contribution in [0.3, 0.4) is 0 Å². The molecule has 0 saturated heterocycles. The summed E-state index contributed by atoms with van der Waals surface area (Å²) in [5.74, 6) is 1.43. The molecule has 0 fully saturated rings. The van der Waals surface area contributed by atoms with Crippen LogP contribution in [0.5, 0.6) is 5.75 Å². The van der Waals surface area contributed by atoms with E-state index in [2.05, 4.69) is 76.0 Å². The molecule has 0 radical (unpaired) electrons. The number of benzene rings is 2. The third-order valence-corrected chi connectivity index (χ3v) is 5.19. The Hall–Kier alpha value is -2.22. The zero-order valence-corrected chi connectivity index (χ0v) is 20.1.